The van der Waals surface area contributed by atoms with Crippen LogP contribution in [0.3, 0.4) is 0 Å². The molecule has 150 valence electrons. The van der Waals surface area contributed by atoms with Gasteiger partial charge in [-0.1, -0.05) is 12.1 Å². The first-order chi connectivity index (χ1) is 13.3. The molecular weight excluding hydrogens is 344 g/mol. The molecule has 7 heteroatoms. The van der Waals surface area contributed by atoms with Gasteiger partial charge in [0.25, 0.3) is 0 Å². The maximum absolute atomic E-state index is 5.68. The molecule has 0 aliphatic carbocycles. The summed E-state index contributed by atoms with van der Waals surface area (Å²) in [7, 11) is 3.50. The Bertz CT molecular complexity index is 581. The van der Waals surface area contributed by atoms with Crippen molar-refractivity contribution in [3.63, 3.8) is 0 Å². The molecule has 2 aliphatic rings. The quantitative estimate of drug-likeness (QED) is 0.554. The van der Waals surface area contributed by atoms with Gasteiger partial charge in [0.15, 0.2) is 5.96 Å². The van der Waals surface area contributed by atoms with Gasteiger partial charge in [0.05, 0.1) is 32.5 Å². The highest BCUT2D eigenvalue weighted by molar-refractivity contribution is 5.79. The molecule has 1 aromatic rings. The number of morpholine rings is 1. The van der Waals surface area contributed by atoms with E-state index in [1.807, 2.05) is 19.2 Å². The van der Waals surface area contributed by atoms with E-state index in [9.17, 15) is 0 Å². The van der Waals surface area contributed by atoms with Gasteiger partial charge in [-0.15, -0.1) is 0 Å². The molecule has 2 N–H and O–H groups in total. The highest BCUT2D eigenvalue weighted by Gasteiger charge is 2.23. The summed E-state index contributed by atoms with van der Waals surface area (Å²) in [6.07, 6.45) is 2.56. The van der Waals surface area contributed by atoms with Crippen molar-refractivity contribution in [2.24, 2.45) is 4.99 Å². The predicted molar refractivity (Wildman–Crippen MR) is 106 cm³/mol. The van der Waals surface area contributed by atoms with Crippen LogP contribution in [-0.2, 0) is 9.47 Å². The van der Waals surface area contributed by atoms with Crippen LogP contribution in [0.4, 0.5) is 0 Å². The van der Waals surface area contributed by atoms with E-state index in [2.05, 4.69) is 32.7 Å². The summed E-state index contributed by atoms with van der Waals surface area (Å²) in [5, 5.41) is 6.88. The molecule has 2 fully saturated rings. The van der Waals surface area contributed by atoms with E-state index in [4.69, 9.17) is 14.2 Å². The van der Waals surface area contributed by atoms with Crippen LogP contribution < -0.4 is 15.4 Å². The van der Waals surface area contributed by atoms with Crippen molar-refractivity contribution in [1.29, 1.82) is 0 Å². The molecule has 2 heterocycles. The third kappa shape index (κ3) is 5.82. The molecule has 2 saturated heterocycles. The number of aliphatic imine (C=N–C) groups is 1. The normalized spacial score (nSPS) is 22.4. The van der Waals surface area contributed by atoms with Crippen LogP contribution in [0.1, 0.15) is 24.4 Å². The van der Waals surface area contributed by atoms with Gasteiger partial charge >= 0.3 is 0 Å². The average Bonchev–Trinajstić information content (AvgIpc) is 3.25. The second-order valence-corrected chi connectivity index (χ2v) is 6.91. The third-order valence-electron chi connectivity index (χ3n) is 5.19. The van der Waals surface area contributed by atoms with Crippen LogP contribution in [0.5, 0.6) is 5.75 Å². The molecule has 0 radical (unpaired) electrons. The van der Waals surface area contributed by atoms with Crippen molar-refractivity contribution in [2.45, 2.75) is 25.0 Å². The van der Waals surface area contributed by atoms with Crippen molar-refractivity contribution >= 4 is 5.96 Å². The standard InChI is InChI=1S/C20H32N4O3/c1-21-20(22-14-18-4-3-11-27-18)23-15-19(24-9-12-26-13-10-24)16-5-7-17(25-2)8-6-16/h5-8,18-19H,3-4,9-15H2,1-2H3,(H2,21,22,23). The highest BCUT2D eigenvalue weighted by Crippen LogP contribution is 2.23. The molecule has 2 unspecified atom stereocenters. The molecule has 3 rings (SSSR count). The molecule has 0 spiro atoms. The van der Waals surface area contributed by atoms with Crippen molar-refractivity contribution in [2.75, 3.05) is 60.2 Å². The van der Waals surface area contributed by atoms with Crippen molar-refractivity contribution in [3.05, 3.63) is 29.8 Å². The minimum absolute atomic E-state index is 0.251. The van der Waals surface area contributed by atoms with E-state index in [-0.39, 0.29) is 6.04 Å². The van der Waals surface area contributed by atoms with Gasteiger partial charge in [-0.2, -0.15) is 0 Å². The van der Waals surface area contributed by atoms with Crippen LogP contribution in [0.15, 0.2) is 29.3 Å². The number of benzene rings is 1. The molecule has 2 atom stereocenters. The topological polar surface area (TPSA) is 67.4 Å². The van der Waals surface area contributed by atoms with Crippen molar-refractivity contribution < 1.29 is 14.2 Å². The first-order valence-electron chi connectivity index (χ1n) is 9.82. The SMILES string of the molecule is CN=C(NCC1CCCO1)NCC(c1ccc(OC)cc1)N1CCOCC1. The largest absolute Gasteiger partial charge is 0.497 e. The van der Waals surface area contributed by atoms with Gasteiger partial charge in [0.1, 0.15) is 5.75 Å². The zero-order valence-corrected chi connectivity index (χ0v) is 16.4. The van der Waals surface area contributed by atoms with E-state index in [1.54, 1.807) is 7.11 Å². The van der Waals surface area contributed by atoms with Crippen LogP contribution in [-0.4, -0.2) is 77.1 Å². The maximum Gasteiger partial charge on any atom is 0.191 e. The lowest BCUT2D eigenvalue weighted by molar-refractivity contribution is 0.0169. The van der Waals surface area contributed by atoms with Gasteiger partial charge in [-0.25, -0.2) is 0 Å². The molecule has 0 bridgehead atoms. The zero-order chi connectivity index (χ0) is 18.9. The van der Waals surface area contributed by atoms with Gasteiger partial charge < -0.3 is 24.8 Å². The number of guanidine groups is 1. The maximum atomic E-state index is 5.68. The second-order valence-electron chi connectivity index (χ2n) is 6.91. The van der Waals surface area contributed by atoms with Gasteiger partial charge in [0.2, 0.25) is 0 Å². The lowest BCUT2D eigenvalue weighted by atomic mass is 10.0. The van der Waals surface area contributed by atoms with Crippen molar-refractivity contribution in [1.82, 2.24) is 15.5 Å². The Hall–Kier alpha value is -1.83. The number of methoxy groups -OCH3 is 1. The Morgan fingerprint density at radius 1 is 1.22 bits per heavy atom. The molecule has 0 amide bonds. The number of rotatable bonds is 7. The molecule has 27 heavy (non-hydrogen) atoms. The van der Waals surface area contributed by atoms with E-state index in [1.165, 1.54) is 5.56 Å². The Morgan fingerprint density at radius 3 is 2.63 bits per heavy atom. The lowest BCUT2D eigenvalue weighted by Crippen LogP contribution is -2.47. The smallest absolute Gasteiger partial charge is 0.191 e. The Balaban J connectivity index is 1.60. The van der Waals surface area contributed by atoms with E-state index >= 15 is 0 Å². The number of nitrogens with one attached hydrogen (secondary N) is 2. The summed E-state index contributed by atoms with van der Waals surface area (Å²) in [5.74, 6) is 1.69. The van der Waals surface area contributed by atoms with Crippen LogP contribution in [0.2, 0.25) is 0 Å². The van der Waals surface area contributed by atoms with E-state index < -0.39 is 0 Å². The van der Waals surface area contributed by atoms with Crippen LogP contribution >= 0.6 is 0 Å². The van der Waals surface area contributed by atoms with Crippen LogP contribution in [0, 0.1) is 0 Å². The molecule has 2 aliphatic heterocycles. The number of nitrogens with zero attached hydrogens (tertiary/aromatic N) is 2. The minimum atomic E-state index is 0.251. The first-order valence-corrected chi connectivity index (χ1v) is 9.82. The summed E-state index contributed by atoms with van der Waals surface area (Å²) in [5.41, 5.74) is 1.26. The van der Waals surface area contributed by atoms with Crippen LogP contribution in [0.25, 0.3) is 0 Å². The minimum Gasteiger partial charge on any atom is -0.497 e. The molecule has 0 saturated carbocycles. The molecular formula is C20H32N4O3. The highest BCUT2D eigenvalue weighted by atomic mass is 16.5. The van der Waals surface area contributed by atoms with Crippen molar-refractivity contribution in [3.8, 4) is 5.75 Å². The first kappa shape index (κ1) is 19.9. The summed E-state index contributed by atoms with van der Waals surface area (Å²) in [6.45, 7) is 5.86. The van der Waals surface area contributed by atoms with Gasteiger partial charge in [0, 0.05) is 39.8 Å². The number of hydrogen-bond donors (Lipinski definition) is 2. The average molecular weight is 377 g/mol. The summed E-state index contributed by atoms with van der Waals surface area (Å²) < 4.78 is 16.5. The second kappa shape index (κ2) is 10.5. The fraction of sp³-hybridized carbons (Fsp3) is 0.650. The summed E-state index contributed by atoms with van der Waals surface area (Å²) >= 11 is 0. The molecule has 1 aromatic carbocycles. The summed E-state index contributed by atoms with van der Waals surface area (Å²) in [4.78, 5) is 6.83. The Morgan fingerprint density at radius 2 is 2.00 bits per heavy atom. The fourth-order valence-electron chi connectivity index (χ4n) is 3.60. The molecule has 7 nitrogen and oxygen atoms in total. The number of ether oxygens (including phenoxy) is 3. The lowest BCUT2D eigenvalue weighted by Gasteiger charge is -2.35. The Kier molecular flexibility index (Phi) is 7.74. The monoisotopic (exact) mass is 376 g/mol. The van der Waals surface area contributed by atoms with E-state index in [0.717, 1.165) is 70.6 Å². The van der Waals surface area contributed by atoms with E-state index in [0.29, 0.717) is 6.10 Å². The Labute approximate surface area is 162 Å². The predicted octanol–water partition coefficient (Wildman–Crippen LogP) is 1.41. The van der Waals surface area contributed by atoms with Gasteiger partial charge in [-0.05, 0) is 30.5 Å². The fourth-order valence-corrected chi connectivity index (χ4v) is 3.60. The molecule has 0 aromatic heterocycles. The number of hydrogen-bond acceptors (Lipinski definition) is 5. The zero-order valence-electron chi connectivity index (χ0n) is 16.4. The van der Waals surface area contributed by atoms with Gasteiger partial charge in [-0.3, -0.25) is 9.89 Å². The third-order valence-corrected chi connectivity index (χ3v) is 5.19. The summed E-state index contributed by atoms with van der Waals surface area (Å²) in [6, 6.07) is 8.58.